The van der Waals surface area contributed by atoms with Crippen molar-refractivity contribution in [1.82, 2.24) is 20.1 Å². The molecule has 0 amide bonds. The zero-order chi connectivity index (χ0) is 14.4. The highest BCUT2D eigenvalue weighted by Gasteiger charge is 2.09. The molecule has 2 aromatic rings. The summed E-state index contributed by atoms with van der Waals surface area (Å²) in [6.07, 6.45) is 3.71. The number of hydrogen-bond donors (Lipinski definition) is 1. The number of nitrogens with one attached hydrogen (secondary N) is 1. The summed E-state index contributed by atoms with van der Waals surface area (Å²) < 4.78 is 1.56. The van der Waals surface area contributed by atoms with Crippen molar-refractivity contribution >= 4 is 0 Å². The second kappa shape index (κ2) is 6.96. The molecule has 5 heteroatoms. The van der Waals surface area contributed by atoms with Crippen LogP contribution in [-0.4, -0.2) is 21.8 Å². The van der Waals surface area contributed by atoms with Gasteiger partial charge in [0.05, 0.1) is 5.69 Å². The van der Waals surface area contributed by atoms with Gasteiger partial charge in [-0.15, -0.1) is 0 Å². The monoisotopic (exact) mass is 272 g/mol. The smallest absolute Gasteiger partial charge is 0.271 e. The standard InChI is InChI=1S/C15H20N4O/c1-3-4-9-19-15(20)12(11-16-2)10-14(18-19)13-7-5-6-8-17-13/h5-8,10,16H,3-4,9,11H2,1-2H3. The highest BCUT2D eigenvalue weighted by atomic mass is 16.1. The minimum Gasteiger partial charge on any atom is -0.315 e. The molecule has 1 N–H and O–H groups in total. The van der Waals surface area contributed by atoms with E-state index in [-0.39, 0.29) is 5.56 Å². The fourth-order valence-corrected chi connectivity index (χ4v) is 2.01. The van der Waals surface area contributed by atoms with Crippen molar-refractivity contribution in [2.45, 2.75) is 32.9 Å². The lowest BCUT2D eigenvalue weighted by atomic mass is 10.2. The predicted molar refractivity (Wildman–Crippen MR) is 79.4 cm³/mol. The van der Waals surface area contributed by atoms with E-state index in [1.165, 1.54) is 0 Å². The van der Waals surface area contributed by atoms with Crippen LogP contribution in [0.4, 0.5) is 0 Å². The van der Waals surface area contributed by atoms with E-state index in [0.717, 1.165) is 29.8 Å². The van der Waals surface area contributed by atoms with Crippen molar-refractivity contribution < 1.29 is 0 Å². The third-order valence-electron chi connectivity index (χ3n) is 3.07. The van der Waals surface area contributed by atoms with Crippen molar-refractivity contribution in [3.8, 4) is 11.4 Å². The maximum Gasteiger partial charge on any atom is 0.271 e. The fraction of sp³-hybridized carbons (Fsp3) is 0.400. The van der Waals surface area contributed by atoms with Crippen LogP contribution in [0, 0.1) is 0 Å². The molecule has 2 aromatic heterocycles. The number of unbranched alkanes of at least 4 members (excludes halogenated alkanes) is 1. The van der Waals surface area contributed by atoms with Crippen LogP contribution < -0.4 is 10.9 Å². The molecule has 0 aliphatic rings. The van der Waals surface area contributed by atoms with Crippen LogP contribution in [0.1, 0.15) is 25.3 Å². The minimum atomic E-state index is -0.0209. The van der Waals surface area contributed by atoms with Gasteiger partial charge in [-0.1, -0.05) is 19.4 Å². The summed E-state index contributed by atoms with van der Waals surface area (Å²) in [6, 6.07) is 7.51. The molecule has 0 saturated heterocycles. The number of hydrogen-bond acceptors (Lipinski definition) is 4. The SMILES string of the molecule is CCCCn1nc(-c2ccccn2)cc(CNC)c1=O. The molecule has 0 saturated carbocycles. The molecule has 0 fully saturated rings. The molecule has 0 radical (unpaired) electrons. The van der Waals surface area contributed by atoms with Gasteiger partial charge in [-0.25, -0.2) is 4.68 Å². The van der Waals surface area contributed by atoms with Crippen molar-refractivity contribution in [1.29, 1.82) is 0 Å². The first-order valence-corrected chi connectivity index (χ1v) is 6.93. The Labute approximate surface area is 118 Å². The van der Waals surface area contributed by atoms with E-state index in [4.69, 9.17) is 0 Å². The Bertz CT molecular complexity index is 607. The third kappa shape index (κ3) is 3.30. The van der Waals surface area contributed by atoms with E-state index < -0.39 is 0 Å². The minimum absolute atomic E-state index is 0.0209. The Morgan fingerprint density at radius 3 is 2.80 bits per heavy atom. The van der Waals surface area contributed by atoms with E-state index in [9.17, 15) is 4.79 Å². The van der Waals surface area contributed by atoms with Gasteiger partial charge < -0.3 is 5.32 Å². The third-order valence-corrected chi connectivity index (χ3v) is 3.07. The molecule has 2 heterocycles. The molecule has 0 aromatic carbocycles. The van der Waals surface area contributed by atoms with E-state index >= 15 is 0 Å². The maximum atomic E-state index is 12.3. The summed E-state index contributed by atoms with van der Waals surface area (Å²) in [7, 11) is 1.83. The molecule has 0 atom stereocenters. The Balaban J connectivity index is 2.47. The first-order valence-electron chi connectivity index (χ1n) is 6.93. The second-order valence-electron chi connectivity index (χ2n) is 4.68. The number of aromatic nitrogens is 3. The van der Waals surface area contributed by atoms with Crippen LogP contribution in [0.2, 0.25) is 0 Å². The predicted octanol–water partition coefficient (Wildman–Crippen LogP) is 1.82. The molecule has 0 unspecified atom stereocenters. The van der Waals surface area contributed by atoms with Gasteiger partial charge in [0.25, 0.3) is 5.56 Å². The molecule has 5 nitrogen and oxygen atoms in total. The molecule has 2 rings (SSSR count). The van der Waals surface area contributed by atoms with Crippen LogP contribution in [0.25, 0.3) is 11.4 Å². The van der Waals surface area contributed by atoms with Crippen LogP contribution in [0.5, 0.6) is 0 Å². The molecule has 0 spiro atoms. The first-order chi connectivity index (χ1) is 9.76. The van der Waals surface area contributed by atoms with E-state index in [1.54, 1.807) is 10.9 Å². The lowest BCUT2D eigenvalue weighted by Gasteiger charge is -2.10. The van der Waals surface area contributed by atoms with E-state index in [0.29, 0.717) is 13.1 Å². The van der Waals surface area contributed by atoms with Gasteiger partial charge in [0.1, 0.15) is 5.69 Å². The van der Waals surface area contributed by atoms with Gasteiger partial charge in [-0.05, 0) is 31.7 Å². The number of rotatable bonds is 6. The average Bonchev–Trinajstić information content (AvgIpc) is 2.49. The molecular formula is C15H20N4O. The number of pyridine rings is 1. The lowest BCUT2D eigenvalue weighted by Crippen LogP contribution is -2.29. The highest BCUT2D eigenvalue weighted by Crippen LogP contribution is 2.13. The van der Waals surface area contributed by atoms with Crippen molar-refractivity contribution in [2.75, 3.05) is 7.05 Å². The lowest BCUT2D eigenvalue weighted by molar-refractivity contribution is 0.538. The average molecular weight is 272 g/mol. The van der Waals surface area contributed by atoms with Gasteiger partial charge in [-0.3, -0.25) is 9.78 Å². The Kier molecular flexibility index (Phi) is 5.01. The Morgan fingerprint density at radius 1 is 1.30 bits per heavy atom. The molecule has 0 bridgehead atoms. The largest absolute Gasteiger partial charge is 0.315 e. The van der Waals surface area contributed by atoms with E-state index in [2.05, 4.69) is 22.3 Å². The van der Waals surface area contributed by atoms with Gasteiger partial charge in [0.15, 0.2) is 0 Å². The summed E-state index contributed by atoms with van der Waals surface area (Å²) in [5.41, 5.74) is 2.23. The zero-order valence-corrected chi connectivity index (χ0v) is 12.0. The van der Waals surface area contributed by atoms with Crippen molar-refractivity contribution in [2.24, 2.45) is 0 Å². The fourth-order valence-electron chi connectivity index (χ4n) is 2.01. The quantitative estimate of drug-likeness (QED) is 0.871. The summed E-state index contributed by atoms with van der Waals surface area (Å²) in [5.74, 6) is 0. The summed E-state index contributed by atoms with van der Waals surface area (Å²) >= 11 is 0. The Hall–Kier alpha value is -2.01. The maximum absolute atomic E-state index is 12.3. The van der Waals surface area contributed by atoms with Gasteiger partial charge >= 0.3 is 0 Å². The zero-order valence-electron chi connectivity index (χ0n) is 12.0. The van der Waals surface area contributed by atoms with Crippen LogP contribution in [-0.2, 0) is 13.1 Å². The summed E-state index contributed by atoms with van der Waals surface area (Å²) in [4.78, 5) is 16.6. The molecule has 0 aliphatic carbocycles. The number of nitrogens with zero attached hydrogens (tertiary/aromatic N) is 3. The van der Waals surface area contributed by atoms with Crippen molar-refractivity contribution in [3.05, 3.63) is 46.4 Å². The topological polar surface area (TPSA) is 59.8 Å². The Morgan fingerprint density at radius 2 is 2.15 bits per heavy atom. The molecule has 20 heavy (non-hydrogen) atoms. The van der Waals surface area contributed by atoms with Crippen LogP contribution >= 0.6 is 0 Å². The van der Waals surface area contributed by atoms with Gasteiger partial charge in [0.2, 0.25) is 0 Å². The second-order valence-corrected chi connectivity index (χ2v) is 4.68. The summed E-state index contributed by atoms with van der Waals surface area (Å²) in [5, 5.41) is 7.46. The van der Waals surface area contributed by atoms with Crippen molar-refractivity contribution in [3.63, 3.8) is 0 Å². The van der Waals surface area contributed by atoms with Gasteiger partial charge in [0, 0.05) is 24.8 Å². The van der Waals surface area contributed by atoms with E-state index in [1.807, 2.05) is 31.3 Å². The van der Waals surface area contributed by atoms with Crippen LogP contribution in [0.3, 0.4) is 0 Å². The van der Waals surface area contributed by atoms with Crippen LogP contribution in [0.15, 0.2) is 35.3 Å². The number of aryl methyl sites for hydroxylation is 1. The molecule has 0 aliphatic heterocycles. The summed E-state index contributed by atoms with van der Waals surface area (Å²) in [6.45, 7) is 3.28. The molecule has 106 valence electrons. The highest BCUT2D eigenvalue weighted by molar-refractivity contribution is 5.53. The first kappa shape index (κ1) is 14.4. The normalized spacial score (nSPS) is 10.7. The van der Waals surface area contributed by atoms with Gasteiger partial charge in [-0.2, -0.15) is 5.10 Å². The molecular weight excluding hydrogens is 252 g/mol.